The summed E-state index contributed by atoms with van der Waals surface area (Å²) in [5.41, 5.74) is 2.34. The summed E-state index contributed by atoms with van der Waals surface area (Å²) in [5.74, 6) is 1.84. The molecule has 1 saturated carbocycles. The smallest absolute Gasteiger partial charge is 0.137 e. The number of hydrogen-bond acceptors (Lipinski definition) is 4. The third-order valence-corrected chi connectivity index (χ3v) is 4.62. The predicted octanol–water partition coefficient (Wildman–Crippen LogP) is 4.65. The molecule has 4 heteroatoms. The van der Waals surface area contributed by atoms with Gasteiger partial charge in [0.15, 0.2) is 0 Å². The van der Waals surface area contributed by atoms with E-state index in [4.69, 9.17) is 0 Å². The van der Waals surface area contributed by atoms with Crippen LogP contribution in [-0.2, 0) is 0 Å². The molecule has 1 fully saturated rings. The molecule has 1 aliphatic rings. The molecule has 0 radical (unpaired) electrons. The Kier molecular flexibility index (Phi) is 4.31. The lowest BCUT2D eigenvalue weighted by Gasteiger charge is -2.19. The number of anilines is 1. The van der Waals surface area contributed by atoms with Gasteiger partial charge in [-0.05, 0) is 42.2 Å². The molecule has 0 saturated heterocycles. The summed E-state index contributed by atoms with van der Waals surface area (Å²) in [4.78, 5) is 9.00. The van der Waals surface area contributed by atoms with Crippen molar-refractivity contribution in [1.82, 2.24) is 9.97 Å². The van der Waals surface area contributed by atoms with E-state index in [2.05, 4.69) is 32.1 Å². The first-order valence-electron chi connectivity index (χ1n) is 7.45. The summed E-state index contributed by atoms with van der Waals surface area (Å²) < 4.78 is 0. The third-order valence-electron chi connectivity index (χ3n) is 3.94. The summed E-state index contributed by atoms with van der Waals surface area (Å²) in [6.07, 6.45) is 9.86. The first kappa shape index (κ1) is 13.6. The van der Waals surface area contributed by atoms with Crippen molar-refractivity contribution < 1.29 is 0 Å². The van der Waals surface area contributed by atoms with Crippen LogP contribution < -0.4 is 5.32 Å². The molecule has 0 aromatic carbocycles. The van der Waals surface area contributed by atoms with Crippen LogP contribution in [0.5, 0.6) is 0 Å². The SMILES string of the molecule is Cc1ncc(-c2ccsc2)c(NC2CCCCCC2)n1. The quantitative estimate of drug-likeness (QED) is 0.835. The van der Waals surface area contributed by atoms with Gasteiger partial charge in [0.05, 0.1) is 0 Å². The molecule has 2 heterocycles. The van der Waals surface area contributed by atoms with Crippen LogP contribution in [0.1, 0.15) is 44.3 Å². The lowest BCUT2D eigenvalue weighted by atomic mass is 10.1. The Morgan fingerprint density at radius 2 is 2.00 bits per heavy atom. The summed E-state index contributed by atoms with van der Waals surface area (Å²) in [6.45, 7) is 1.95. The third kappa shape index (κ3) is 3.18. The van der Waals surface area contributed by atoms with Gasteiger partial charge in [0.25, 0.3) is 0 Å². The minimum atomic E-state index is 0.559. The molecule has 0 aliphatic heterocycles. The highest BCUT2D eigenvalue weighted by molar-refractivity contribution is 7.08. The Morgan fingerprint density at radius 1 is 1.20 bits per heavy atom. The number of rotatable bonds is 3. The van der Waals surface area contributed by atoms with Gasteiger partial charge in [-0.15, -0.1) is 0 Å². The molecule has 0 unspecified atom stereocenters. The Bertz CT molecular complexity index is 543. The summed E-state index contributed by atoms with van der Waals surface area (Å²) >= 11 is 1.71. The number of aromatic nitrogens is 2. The molecule has 1 N–H and O–H groups in total. The molecule has 0 amide bonds. The zero-order valence-corrected chi connectivity index (χ0v) is 12.7. The first-order valence-corrected chi connectivity index (χ1v) is 8.40. The van der Waals surface area contributed by atoms with Gasteiger partial charge in [-0.25, -0.2) is 9.97 Å². The molecular weight excluding hydrogens is 266 g/mol. The lowest BCUT2D eigenvalue weighted by molar-refractivity contribution is 0.617. The molecule has 106 valence electrons. The van der Waals surface area contributed by atoms with E-state index in [1.54, 1.807) is 11.3 Å². The summed E-state index contributed by atoms with van der Waals surface area (Å²) in [5, 5.41) is 7.93. The summed E-state index contributed by atoms with van der Waals surface area (Å²) in [7, 11) is 0. The van der Waals surface area contributed by atoms with Crippen LogP contribution in [0.25, 0.3) is 11.1 Å². The highest BCUT2D eigenvalue weighted by Crippen LogP contribution is 2.29. The van der Waals surface area contributed by atoms with Gasteiger partial charge < -0.3 is 5.32 Å². The monoisotopic (exact) mass is 287 g/mol. The maximum Gasteiger partial charge on any atom is 0.137 e. The highest BCUT2D eigenvalue weighted by atomic mass is 32.1. The van der Waals surface area contributed by atoms with Crippen LogP contribution in [0.2, 0.25) is 0 Å². The van der Waals surface area contributed by atoms with Crippen molar-refractivity contribution in [3.05, 3.63) is 28.8 Å². The van der Waals surface area contributed by atoms with Crippen LogP contribution >= 0.6 is 11.3 Å². The summed E-state index contributed by atoms with van der Waals surface area (Å²) in [6, 6.07) is 2.70. The molecule has 0 bridgehead atoms. The van der Waals surface area contributed by atoms with Gasteiger partial charge in [-0.3, -0.25) is 0 Å². The standard InChI is InChI=1S/C16H21N3S/c1-12-17-10-15(13-8-9-20-11-13)16(18-12)19-14-6-4-2-3-5-7-14/h8-11,14H,2-7H2,1H3,(H,17,18,19). The Morgan fingerprint density at radius 3 is 2.70 bits per heavy atom. The fourth-order valence-corrected chi connectivity index (χ4v) is 3.48. The normalized spacial score (nSPS) is 16.9. The van der Waals surface area contributed by atoms with Crippen molar-refractivity contribution in [2.45, 2.75) is 51.5 Å². The van der Waals surface area contributed by atoms with E-state index in [9.17, 15) is 0 Å². The topological polar surface area (TPSA) is 37.8 Å². The molecule has 3 rings (SSSR count). The van der Waals surface area contributed by atoms with Crippen molar-refractivity contribution in [3.63, 3.8) is 0 Å². The Labute approximate surface area is 124 Å². The molecule has 3 nitrogen and oxygen atoms in total. The maximum absolute atomic E-state index is 4.64. The number of aryl methyl sites for hydroxylation is 1. The van der Waals surface area contributed by atoms with Crippen LogP contribution in [0.3, 0.4) is 0 Å². The van der Waals surface area contributed by atoms with E-state index in [1.165, 1.54) is 44.1 Å². The fourth-order valence-electron chi connectivity index (χ4n) is 2.83. The van der Waals surface area contributed by atoms with Crippen molar-refractivity contribution in [3.8, 4) is 11.1 Å². The average molecular weight is 287 g/mol. The van der Waals surface area contributed by atoms with Crippen LogP contribution in [0, 0.1) is 6.92 Å². The second-order valence-electron chi connectivity index (χ2n) is 5.52. The molecule has 0 atom stereocenters. The van der Waals surface area contributed by atoms with E-state index in [0.29, 0.717) is 6.04 Å². The van der Waals surface area contributed by atoms with E-state index >= 15 is 0 Å². The number of thiophene rings is 1. The van der Waals surface area contributed by atoms with E-state index in [0.717, 1.165) is 17.2 Å². The fraction of sp³-hybridized carbons (Fsp3) is 0.500. The zero-order valence-electron chi connectivity index (χ0n) is 11.9. The second-order valence-corrected chi connectivity index (χ2v) is 6.30. The van der Waals surface area contributed by atoms with Crippen LogP contribution in [0.15, 0.2) is 23.0 Å². The Hall–Kier alpha value is -1.42. The van der Waals surface area contributed by atoms with Gasteiger partial charge in [-0.2, -0.15) is 11.3 Å². The maximum atomic E-state index is 4.64. The van der Waals surface area contributed by atoms with Crippen LogP contribution in [0.4, 0.5) is 5.82 Å². The number of nitrogens with one attached hydrogen (secondary N) is 1. The Balaban J connectivity index is 1.85. The lowest BCUT2D eigenvalue weighted by Crippen LogP contribution is -2.20. The van der Waals surface area contributed by atoms with E-state index in [-0.39, 0.29) is 0 Å². The molecule has 20 heavy (non-hydrogen) atoms. The highest BCUT2D eigenvalue weighted by Gasteiger charge is 2.15. The van der Waals surface area contributed by atoms with Gasteiger partial charge in [0, 0.05) is 17.8 Å². The molecular formula is C16H21N3S. The van der Waals surface area contributed by atoms with E-state index in [1.807, 2.05) is 13.1 Å². The minimum Gasteiger partial charge on any atom is -0.367 e. The number of nitrogens with zero attached hydrogens (tertiary/aromatic N) is 2. The van der Waals surface area contributed by atoms with Crippen molar-refractivity contribution in [2.24, 2.45) is 0 Å². The zero-order chi connectivity index (χ0) is 13.8. The van der Waals surface area contributed by atoms with Crippen molar-refractivity contribution >= 4 is 17.2 Å². The molecule has 2 aromatic heterocycles. The van der Waals surface area contributed by atoms with Gasteiger partial charge in [-0.1, -0.05) is 25.7 Å². The second kappa shape index (κ2) is 6.35. The van der Waals surface area contributed by atoms with Crippen molar-refractivity contribution in [2.75, 3.05) is 5.32 Å². The molecule has 0 spiro atoms. The van der Waals surface area contributed by atoms with Crippen molar-refractivity contribution in [1.29, 1.82) is 0 Å². The minimum absolute atomic E-state index is 0.559. The van der Waals surface area contributed by atoms with Gasteiger partial charge >= 0.3 is 0 Å². The first-order chi connectivity index (χ1) is 9.83. The molecule has 2 aromatic rings. The predicted molar refractivity (Wildman–Crippen MR) is 85.2 cm³/mol. The largest absolute Gasteiger partial charge is 0.367 e. The van der Waals surface area contributed by atoms with Gasteiger partial charge in [0.1, 0.15) is 11.6 Å². The van der Waals surface area contributed by atoms with Crippen LogP contribution in [-0.4, -0.2) is 16.0 Å². The number of hydrogen-bond donors (Lipinski definition) is 1. The average Bonchev–Trinajstić information content (AvgIpc) is 2.85. The van der Waals surface area contributed by atoms with E-state index < -0.39 is 0 Å². The van der Waals surface area contributed by atoms with Gasteiger partial charge in [0.2, 0.25) is 0 Å². The molecule has 1 aliphatic carbocycles.